The van der Waals surface area contributed by atoms with E-state index in [2.05, 4.69) is 13.5 Å². The van der Waals surface area contributed by atoms with Crippen molar-refractivity contribution < 1.29 is 5.11 Å². The van der Waals surface area contributed by atoms with Crippen LogP contribution in [0, 0.1) is 5.92 Å². The molecule has 0 bridgehead atoms. The van der Waals surface area contributed by atoms with Gasteiger partial charge in [0.1, 0.15) is 0 Å². The number of hydrogen-bond acceptors (Lipinski definition) is 1. The van der Waals surface area contributed by atoms with E-state index >= 15 is 0 Å². The van der Waals surface area contributed by atoms with E-state index in [1.165, 1.54) is 5.57 Å². The van der Waals surface area contributed by atoms with Crippen molar-refractivity contribution in [3.05, 3.63) is 12.2 Å². The van der Waals surface area contributed by atoms with Gasteiger partial charge in [-0.15, -0.1) is 0 Å². The summed E-state index contributed by atoms with van der Waals surface area (Å²) in [6.45, 7) is 6.07. The summed E-state index contributed by atoms with van der Waals surface area (Å²) >= 11 is 0. The largest absolute Gasteiger partial charge is 0.393 e. The zero-order valence-corrected chi connectivity index (χ0v) is 6.64. The molecule has 0 spiro atoms. The first-order chi connectivity index (χ1) is 4.75. The van der Waals surface area contributed by atoms with Gasteiger partial charge in [-0.1, -0.05) is 19.1 Å². The Morgan fingerprint density at radius 2 is 2.40 bits per heavy atom. The van der Waals surface area contributed by atoms with E-state index in [0.717, 1.165) is 25.7 Å². The Morgan fingerprint density at radius 1 is 1.70 bits per heavy atom. The zero-order valence-electron chi connectivity index (χ0n) is 6.64. The third kappa shape index (κ3) is 1.40. The molecule has 1 aliphatic rings. The molecular weight excluding hydrogens is 124 g/mol. The van der Waals surface area contributed by atoms with Gasteiger partial charge in [0.15, 0.2) is 0 Å². The van der Waals surface area contributed by atoms with Gasteiger partial charge in [0.2, 0.25) is 0 Å². The molecule has 1 aliphatic carbocycles. The van der Waals surface area contributed by atoms with Crippen molar-refractivity contribution >= 4 is 0 Å². The third-order valence-corrected chi connectivity index (χ3v) is 2.43. The normalized spacial score (nSPS) is 34.4. The van der Waals surface area contributed by atoms with Gasteiger partial charge in [-0.25, -0.2) is 0 Å². The van der Waals surface area contributed by atoms with E-state index in [1.54, 1.807) is 0 Å². The molecule has 2 unspecified atom stereocenters. The maximum Gasteiger partial charge on any atom is 0.0605 e. The first kappa shape index (κ1) is 7.80. The predicted octanol–water partition coefficient (Wildman–Crippen LogP) is 2.11. The van der Waals surface area contributed by atoms with Crippen LogP contribution in [0.4, 0.5) is 0 Å². The highest BCUT2D eigenvalue weighted by molar-refractivity contribution is 5.05. The number of rotatable bonds is 1. The van der Waals surface area contributed by atoms with Crippen molar-refractivity contribution in [1.82, 2.24) is 0 Å². The Hall–Kier alpha value is -0.300. The summed E-state index contributed by atoms with van der Waals surface area (Å²) in [7, 11) is 0. The lowest BCUT2D eigenvalue weighted by atomic mass is 9.81. The molecular formula is C9H16O. The summed E-state index contributed by atoms with van der Waals surface area (Å²) < 4.78 is 0. The molecule has 0 heterocycles. The maximum absolute atomic E-state index is 9.48. The van der Waals surface area contributed by atoms with Gasteiger partial charge in [-0.05, 0) is 25.7 Å². The molecule has 0 aliphatic heterocycles. The lowest BCUT2D eigenvalue weighted by molar-refractivity contribution is 0.0961. The molecule has 2 atom stereocenters. The fraction of sp³-hybridized carbons (Fsp3) is 0.778. The summed E-state index contributed by atoms with van der Waals surface area (Å²) in [4.78, 5) is 0. The highest BCUT2D eigenvalue weighted by Gasteiger charge is 2.23. The predicted molar refractivity (Wildman–Crippen MR) is 42.8 cm³/mol. The van der Waals surface area contributed by atoms with Crippen LogP contribution in [0.15, 0.2) is 12.2 Å². The molecule has 1 heteroatoms. The van der Waals surface area contributed by atoms with Crippen LogP contribution in [0.3, 0.4) is 0 Å². The Morgan fingerprint density at radius 3 is 2.80 bits per heavy atom. The Labute approximate surface area is 62.8 Å². The van der Waals surface area contributed by atoms with Crippen molar-refractivity contribution in [2.75, 3.05) is 0 Å². The number of aliphatic hydroxyl groups is 1. The van der Waals surface area contributed by atoms with Gasteiger partial charge in [0.05, 0.1) is 6.10 Å². The van der Waals surface area contributed by atoms with Crippen molar-refractivity contribution in [3.8, 4) is 0 Å². The summed E-state index contributed by atoms with van der Waals surface area (Å²) in [6, 6.07) is 0. The van der Waals surface area contributed by atoms with Gasteiger partial charge >= 0.3 is 0 Å². The topological polar surface area (TPSA) is 20.2 Å². The first-order valence-corrected chi connectivity index (χ1v) is 4.11. The second-order valence-corrected chi connectivity index (χ2v) is 3.13. The number of aliphatic hydroxyl groups excluding tert-OH is 1. The van der Waals surface area contributed by atoms with Crippen LogP contribution < -0.4 is 0 Å². The standard InChI is InChI=1S/C9H16O/c1-3-8-7(2)5-4-6-9(8)10/h8-10H,2-6H2,1H3. The van der Waals surface area contributed by atoms with E-state index in [1.807, 2.05) is 0 Å². The molecule has 1 fully saturated rings. The average Bonchev–Trinajstić information content (AvgIpc) is 1.88. The molecule has 58 valence electrons. The van der Waals surface area contributed by atoms with Crippen LogP contribution in [0.2, 0.25) is 0 Å². The molecule has 0 radical (unpaired) electrons. The minimum Gasteiger partial charge on any atom is -0.393 e. The lowest BCUT2D eigenvalue weighted by Crippen LogP contribution is -2.25. The summed E-state index contributed by atoms with van der Waals surface area (Å²) in [6.07, 6.45) is 4.15. The lowest BCUT2D eigenvalue weighted by Gasteiger charge is -2.28. The summed E-state index contributed by atoms with van der Waals surface area (Å²) in [5, 5.41) is 9.48. The summed E-state index contributed by atoms with van der Waals surface area (Å²) in [5.41, 5.74) is 1.25. The van der Waals surface area contributed by atoms with Crippen LogP contribution in [0.5, 0.6) is 0 Å². The van der Waals surface area contributed by atoms with Gasteiger partial charge in [0, 0.05) is 5.92 Å². The monoisotopic (exact) mass is 140 g/mol. The third-order valence-electron chi connectivity index (χ3n) is 2.43. The first-order valence-electron chi connectivity index (χ1n) is 4.11. The smallest absolute Gasteiger partial charge is 0.0605 e. The van der Waals surface area contributed by atoms with Crippen molar-refractivity contribution in [3.63, 3.8) is 0 Å². The Balaban J connectivity index is 2.53. The fourth-order valence-corrected chi connectivity index (χ4v) is 1.76. The maximum atomic E-state index is 9.48. The van der Waals surface area contributed by atoms with Gasteiger partial charge in [-0.2, -0.15) is 0 Å². The number of hydrogen-bond donors (Lipinski definition) is 1. The van der Waals surface area contributed by atoms with E-state index in [9.17, 15) is 5.11 Å². The minimum atomic E-state index is -0.105. The van der Waals surface area contributed by atoms with Crippen molar-refractivity contribution in [2.24, 2.45) is 5.92 Å². The fourth-order valence-electron chi connectivity index (χ4n) is 1.76. The quantitative estimate of drug-likeness (QED) is 0.553. The SMILES string of the molecule is C=C1CCCC(O)C1CC. The highest BCUT2D eigenvalue weighted by Crippen LogP contribution is 2.30. The van der Waals surface area contributed by atoms with Crippen molar-refractivity contribution in [1.29, 1.82) is 0 Å². The molecule has 1 saturated carbocycles. The molecule has 0 aromatic rings. The van der Waals surface area contributed by atoms with E-state index < -0.39 is 0 Å². The molecule has 1 rings (SSSR count). The van der Waals surface area contributed by atoms with Crippen molar-refractivity contribution in [2.45, 2.75) is 38.7 Å². The van der Waals surface area contributed by atoms with E-state index in [0.29, 0.717) is 5.92 Å². The Kier molecular flexibility index (Phi) is 2.50. The van der Waals surface area contributed by atoms with Gasteiger partial charge < -0.3 is 5.11 Å². The zero-order chi connectivity index (χ0) is 7.56. The molecule has 0 aromatic carbocycles. The molecule has 1 nitrogen and oxygen atoms in total. The van der Waals surface area contributed by atoms with Crippen LogP contribution in [0.1, 0.15) is 32.6 Å². The average molecular weight is 140 g/mol. The Bertz CT molecular complexity index is 129. The minimum absolute atomic E-state index is 0.105. The second kappa shape index (κ2) is 3.20. The molecule has 0 saturated heterocycles. The highest BCUT2D eigenvalue weighted by atomic mass is 16.3. The van der Waals surface area contributed by atoms with Crippen LogP contribution in [0.25, 0.3) is 0 Å². The summed E-state index contributed by atoms with van der Waals surface area (Å²) in [5.74, 6) is 0.383. The van der Waals surface area contributed by atoms with Crippen LogP contribution in [-0.2, 0) is 0 Å². The molecule has 0 aromatic heterocycles. The molecule has 0 amide bonds. The van der Waals surface area contributed by atoms with Crippen LogP contribution in [-0.4, -0.2) is 11.2 Å². The van der Waals surface area contributed by atoms with Crippen LogP contribution >= 0.6 is 0 Å². The molecule has 10 heavy (non-hydrogen) atoms. The van der Waals surface area contributed by atoms with E-state index in [4.69, 9.17) is 0 Å². The molecule has 1 N–H and O–H groups in total. The van der Waals surface area contributed by atoms with E-state index in [-0.39, 0.29) is 6.10 Å². The van der Waals surface area contributed by atoms with Gasteiger partial charge in [-0.3, -0.25) is 0 Å². The second-order valence-electron chi connectivity index (χ2n) is 3.13. The van der Waals surface area contributed by atoms with Gasteiger partial charge in [0.25, 0.3) is 0 Å².